The Kier molecular flexibility index (Phi) is 8.48. The summed E-state index contributed by atoms with van der Waals surface area (Å²) in [4.78, 5) is 13.2. The van der Waals surface area contributed by atoms with Crippen LogP contribution in [0.15, 0.2) is 71.6 Å². The van der Waals surface area contributed by atoms with Gasteiger partial charge in [-0.25, -0.2) is 12.8 Å². The van der Waals surface area contributed by atoms with E-state index in [4.69, 9.17) is 4.74 Å². The number of benzene rings is 3. The molecule has 6 nitrogen and oxygen atoms in total. The van der Waals surface area contributed by atoms with Crippen LogP contribution in [0.5, 0.6) is 5.75 Å². The van der Waals surface area contributed by atoms with Crippen LogP contribution >= 0.6 is 0 Å². The minimum Gasteiger partial charge on any atom is -0.494 e. The molecule has 1 N–H and O–H groups in total. The summed E-state index contributed by atoms with van der Waals surface area (Å²) in [6.07, 6.45) is 5.13. The van der Waals surface area contributed by atoms with Crippen LogP contribution in [-0.4, -0.2) is 27.5 Å². The predicted octanol–water partition coefficient (Wildman–Crippen LogP) is 5.57. The van der Waals surface area contributed by atoms with E-state index >= 15 is 0 Å². The second-order valence-electron chi connectivity index (χ2n) is 9.16. The molecule has 0 spiro atoms. The molecule has 0 saturated heterocycles. The molecule has 1 aliphatic carbocycles. The van der Waals surface area contributed by atoms with Gasteiger partial charge in [0.15, 0.2) is 0 Å². The first-order valence-corrected chi connectivity index (χ1v) is 14.2. The number of nitrogens with one attached hydrogen (secondary N) is 1. The molecular weight excluding hydrogens is 491 g/mol. The summed E-state index contributed by atoms with van der Waals surface area (Å²) in [7, 11) is -4.12. The molecule has 0 bridgehead atoms. The molecule has 0 radical (unpaired) electrons. The fourth-order valence-electron chi connectivity index (χ4n) is 4.69. The number of amides is 1. The van der Waals surface area contributed by atoms with Crippen LogP contribution in [0, 0.1) is 5.82 Å². The van der Waals surface area contributed by atoms with Crippen LogP contribution < -0.4 is 14.4 Å². The van der Waals surface area contributed by atoms with Gasteiger partial charge in [-0.15, -0.1) is 0 Å². The fourth-order valence-corrected chi connectivity index (χ4v) is 6.11. The molecule has 0 aromatic heterocycles. The van der Waals surface area contributed by atoms with Gasteiger partial charge in [0.1, 0.15) is 18.1 Å². The molecule has 0 saturated carbocycles. The van der Waals surface area contributed by atoms with Gasteiger partial charge >= 0.3 is 0 Å². The van der Waals surface area contributed by atoms with Gasteiger partial charge in [0.2, 0.25) is 5.91 Å². The number of hydrogen-bond acceptors (Lipinski definition) is 4. The number of fused-ring (bicyclic) bond motifs is 1. The van der Waals surface area contributed by atoms with Crippen molar-refractivity contribution in [3.05, 3.63) is 89.2 Å². The van der Waals surface area contributed by atoms with Crippen LogP contribution in [0.4, 0.5) is 10.1 Å². The van der Waals surface area contributed by atoms with Gasteiger partial charge < -0.3 is 10.1 Å². The Balaban J connectivity index is 1.58. The highest BCUT2D eigenvalue weighted by Gasteiger charge is 2.28. The van der Waals surface area contributed by atoms with Gasteiger partial charge in [-0.1, -0.05) is 25.1 Å². The summed E-state index contributed by atoms with van der Waals surface area (Å²) in [5, 5.41) is 3.01. The molecule has 0 heterocycles. The van der Waals surface area contributed by atoms with E-state index < -0.39 is 28.3 Å². The van der Waals surface area contributed by atoms with Gasteiger partial charge in [0.05, 0.1) is 23.2 Å². The van der Waals surface area contributed by atoms with Crippen molar-refractivity contribution in [2.24, 2.45) is 0 Å². The highest BCUT2D eigenvalue weighted by Crippen LogP contribution is 2.28. The second kappa shape index (κ2) is 11.8. The minimum atomic E-state index is -4.12. The summed E-state index contributed by atoms with van der Waals surface area (Å²) < 4.78 is 47.3. The van der Waals surface area contributed by atoms with Gasteiger partial charge in [-0.05, 0) is 104 Å². The molecule has 0 aliphatic heterocycles. The van der Waals surface area contributed by atoms with Gasteiger partial charge in [0.25, 0.3) is 10.0 Å². The van der Waals surface area contributed by atoms with Crippen molar-refractivity contribution in [2.45, 2.75) is 56.9 Å². The predicted molar refractivity (Wildman–Crippen MR) is 143 cm³/mol. The summed E-state index contributed by atoms with van der Waals surface area (Å²) in [5.74, 6) is -0.392. The molecule has 0 unspecified atom stereocenters. The van der Waals surface area contributed by atoms with Crippen molar-refractivity contribution >= 4 is 21.6 Å². The number of rotatable bonds is 10. The number of halogens is 1. The third-order valence-electron chi connectivity index (χ3n) is 6.64. The smallest absolute Gasteiger partial charge is 0.264 e. The first kappa shape index (κ1) is 26.7. The van der Waals surface area contributed by atoms with Gasteiger partial charge in [-0.2, -0.15) is 0 Å². The fraction of sp³-hybridized carbons (Fsp3) is 0.345. The lowest BCUT2D eigenvalue weighted by atomic mass is 9.89. The van der Waals surface area contributed by atoms with E-state index in [1.807, 2.05) is 19.9 Å². The monoisotopic (exact) mass is 524 g/mol. The summed E-state index contributed by atoms with van der Waals surface area (Å²) in [6, 6.07) is 17.2. The van der Waals surface area contributed by atoms with Crippen LogP contribution in [0.25, 0.3) is 0 Å². The van der Waals surface area contributed by atoms with Crippen LogP contribution in [0.1, 0.15) is 55.8 Å². The molecule has 3 aromatic carbocycles. The molecule has 3 aromatic rings. The summed E-state index contributed by atoms with van der Waals surface area (Å²) in [5.41, 5.74) is 3.90. The van der Waals surface area contributed by atoms with Crippen molar-refractivity contribution in [2.75, 3.05) is 17.5 Å². The van der Waals surface area contributed by atoms with E-state index in [0.29, 0.717) is 18.8 Å². The quantitative estimate of drug-likeness (QED) is 0.377. The lowest BCUT2D eigenvalue weighted by Crippen LogP contribution is -2.42. The number of aryl methyl sites for hydroxylation is 2. The van der Waals surface area contributed by atoms with Crippen molar-refractivity contribution < 1.29 is 22.3 Å². The Morgan fingerprint density at radius 2 is 1.65 bits per heavy atom. The first-order valence-electron chi connectivity index (χ1n) is 12.7. The van der Waals surface area contributed by atoms with Crippen molar-refractivity contribution in [3.63, 3.8) is 0 Å². The molecule has 4 rings (SSSR count). The SMILES string of the molecule is CCOc1ccc(S(=O)(=O)N(CC(=O)N[C@@H](CC)c2ccc3c(c2)CCCC3)c2ccc(F)cc2)cc1. The van der Waals surface area contributed by atoms with E-state index in [1.54, 1.807) is 12.1 Å². The van der Waals surface area contributed by atoms with E-state index in [9.17, 15) is 17.6 Å². The molecule has 37 heavy (non-hydrogen) atoms. The zero-order chi connectivity index (χ0) is 26.4. The average molecular weight is 525 g/mol. The summed E-state index contributed by atoms with van der Waals surface area (Å²) >= 11 is 0. The lowest BCUT2D eigenvalue weighted by Gasteiger charge is -2.26. The van der Waals surface area contributed by atoms with Crippen molar-refractivity contribution in [1.29, 1.82) is 0 Å². The Morgan fingerprint density at radius 1 is 0.973 bits per heavy atom. The topological polar surface area (TPSA) is 75.7 Å². The average Bonchev–Trinajstić information content (AvgIpc) is 2.91. The maximum Gasteiger partial charge on any atom is 0.264 e. The second-order valence-corrected chi connectivity index (χ2v) is 11.0. The number of hydrogen-bond donors (Lipinski definition) is 1. The molecule has 196 valence electrons. The Morgan fingerprint density at radius 3 is 2.30 bits per heavy atom. The molecule has 1 aliphatic rings. The summed E-state index contributed by atoms with van der Waals surface area (Å²) in [6.45, 7) is 3.84. The Hall–Kier alpha value is -3.39. The van der Waals surface area contributed by atoms with Crippen LogP contribution in [-0.2, 0) is 27.7 Å². The number of carbonyl (C=O) groups is 1. The highest BCUT2D eigenvalue weighted by atomic mass is 32.2. The molecule has 1 amide bonds. The Labute approximate surface area is 218 Å². The Bertz CT molecular complexity index is 1330. The van der Waals surface area contributed by atoms with E-state index in [0.717, 1.165) is 29.1 Å². The molecular formula is C29H33FN2O4S. The third-order valence-corrected chi connectivity index (χ3v) is 8.43. The van der Waals surface area contributed by atoms with Gasteiger partial charge in [0, 0.05) is 0 Å². The minimum absolute atomic E-state index is 0.00908. The molecule has 0 fully saturated rings. The number of ether oxygens (including phenoxy) is 1. The lowest BCUT2D eigenvalue weighted by molar-refractivity contribution is -0.120. The standard InChI is InChI=1S/C29H33FN2O4S/c1-3-28(23-10-9-21-7-5-6-8-22(21)19-23)31-29(33)20-32(25-13-11-24(30)12-14-25)37(34,35)27-17-15-26(16-18-27)36-4-2/h9-19,28H,3-8,20H2,1-2H3,(H,31,33)/t28-/m0/s1. The maximum atomic E-state index is 13.6. The number of sulfonamides is 1. The zero-order valence-electron chi connectivity index (χ0n) is 21.2. The van der Waals surface area contributed by atoms with Gasteiger partial charge in [-0.3, -0.25) is 9.10 Å². The van der Waals surface area contributed by atoms with Crippen LogP contribution in [0.3, 0.4) is 0 Å². The largest absolute Gasteiger partial charge is 0.494 e. The molecule has 1 atom stereocenters. The highest BCUT2D eigenvalue weighted by molar-refractivity contribution is 7.92. The number of carbonyl (C=O) groups excluding carboxylic acids is 1. The molecule has 8 heteroatoms. The van der Waals surface area contributed by atoms with Crippen LogP contribution in [0.2, 0.25) is 0 Å². The van der Waals surface area contributed by atoms with E-state index in [1.165, 1.54) is 53.9 Å². The first-order chi connectivity index (χ1) is 17.8. The number of nitrogens with zero attached hydrogens (tertiary/aromatic N) is 1. The van der Waals surface area contributed by atoms with E-state index in [-0.39, 0.29) is 16.6 Å². The third kappa shape index (κ3) is 6.31. The number of anilines is 1. The maximum absolute atomic E-state index is 13.6. The zero-order valence-corrected chi connectivity index (χ0v) is 22.1. The van der Waals surface area contributed by atoms with E-state index in [2.05, 4.69) is 17.4 Å². The van der Waals surface area contributed by atoms with Crippen molar-refractivity contribution in [3.8, 4) is 5.75 Å². The van der Waals surface area contributed by atoms with Crippen molar-refractivity contribution in [1.82, 2.24) is 5.32 Å². The normalized spacial score (nSPS) is 13.9.